The Hall–Kier alpha value is -2.93. The molecular formula is C22H16O. The molecule has 0 bridgehead atoms. The second-order valence-corrected chi connectivity index (χ2v) is 5.74. The number of carbonyl (C=O) groups is 1. The summed E-state index contributed by atoms with van der Waals surface area (Å²) >= 11 is 0. The molecule has 5 rings (SSSR count). The predicted octanol–water partition coefficient (Wildman–Crippen LogP) is 5.23. The molecule has 23 heavy (non-hydrogen) atoms. The summed E-state index contributed by atoms with van der Waals surface area (Å²) in [6.07, 6.45) is 7.72. The molecule has 0 fully saturated rings. The van der Waals surface area contributed by atoms with E-state index in [-0.39, 0.29) is 11.7 Å². The van der Waals surface area contributed by atoms with Crippen molar-refractivity contribution in [2.24, 2.45) is 0 Å². The lowest BCUT2D eigenvalue weighted by Crippen LogP contribution is -2.15. The minimum absolute atomic E-state index is 0.0754. The summed E-state index contributed by atoms with van der Waals surface area (Å²) in [4.78, 5) is 11.9. The van der Waals surface area contributed by atoms with Crippen LogP contribution < -0.4 is 0 Å². The lowest BCUT2D eigenvalue weighted by atomic mass is 9.78. The summed E-state index contributed by atoms with van der Waals surface area (Å²) in [5, 5.41) is 2.47. The zero-order valence-corrected chi connectivity index (χ0v) is 12.6. The van der Waals surface area contributed by atoms with Crippen LogP contribution in [-0.4, -0.2) is 5.78 Å². The standard InChI is InChI=1S/C16H10O.C6H6/c17-14-9-7-12-5-4-10-2-1-3-11-6-8-13(14)16(12)15(10)11;1-2-4-6-5-3-1/h1-9,13H;1-6H. The van der Waals surface area contributed by atoms with Gasteiger partial charge in [0.05, 0.1) is 5.92 Å². The highest BCUT2D eigenvalue weighted by Gasteiger charge is 2.26. The van der Waals surface area contributed by atoms with Crippen molar-refractivity contribution in [2.45, 2.75) is 5.92 Å². The van der Waals surface area contributed by atoms with Gasteiger partial charge in [-0.2, -0.15) is 0 Å². The molecule has 0 heterocycles. The van der Waals surface area contributed by atoms with Gasteiger partial charge in [0.1, 0.15) is 0 Å². The number of carbonyl (C=O) groups excluding carboxylic acids is 1. The van der Waals surface area contributed by atoms with Crippen LogP contribution in [0.15, 0.2) is 78.9 Å². The van der Waals surface area contributed by atoms with Crippen LogP contribution in [0.3, 0.4) is 0 Å². The lowest BCUT2D eigenvalue weighted by Gasteiger charge is -2.24. The van der Waals surface area contributed by atoms with E-state index >= 15 is 0 Å². The maximum absolute atomic E-state index is 11.9. The largest absolute Gasteiger partial charge is 0.294 e. The van der Waals surface area contributed by atoms with E-state index in [4.69, 9.17) is 0 Å². The molecule has 3 aromatic carbocycles. The van der Waals surface area contributed by atoms with Crippen LogP contribution in [0.2, 0.25) is 0 Å². The third-order valence-corrected chi connectivity index (χ3v) is 4.33. The molecule has 1 atom stereocenters. The van der Waals surface area contributed by atoms with Gasteiger partial charge in [0, 0.05) is 0 Å². The summed E-state index contributed by atoms with van der Waals surface area (Å²) in [6.45, 7) is 0. The van der Waals surface area contributed by atoms with Crippen LogP contribution in [-0.2, 0) is 4.79 Å². The van der Waals surface area contributed by atoms with Gasteiger partial charge in [-0.15, -0.1) is 0 Å². The van der Waals surface area contributed by atoms with Crippen LogP contribution in [0.1, 0.15) is 22.6 Å². The van der Waals surface area contributed by atoms with Gasteiger partial charge in [0.25, 0.3) is 0 Å². The Morgan fingerprint density at radius 2 is 1.39 bits per heavy atom. The highest BCUT2D eigenvalue weighted by molar-refractivity contribution is 6.10. The molecule has 0 amide bonds. The Bertz CT molecular complexity index is 906. The molecule has 1 unspecified atom stereocenters. The van der Waals surface area contributed by atoms with E-state index in [0.29, 0.717) is 0 Å². The minimum atomic E-state index is -0.0754. The number of hydrogen-bond donors (Lipinski definition) is 0. The summed E-state index contributed by atoms with van der Waals surface area (Å²) in [5.74, 6) is 0.115. The topological polar surface area (TPSA) is 17.1 Å². The summed E-state index contributed by atoms with van der Waals surface area (Å²) in [5.41, 5.74) is 3.59. The molecule has 0 saturated carbocycles. The Kier molecular flexibility index (Phi) is 3.39. The van der Waals surface area contributed by atoms with Gasteiger partial charge < -0.3 is 0 Å². The van der Waals surface area contributed by atoms with Crippen molar-refractivity contribution in [3.63, 3.8) is 0 Å². The van der Waals surface area contributed by atoms with Crippen molar-refractivity contribution in [3.05, 3.63) is 95.6 Å². The second kappa shape index (κ2) is 5.69. The lowest BCUT2D eigenvalue weighted by molar-refractivity contribution is -0.115. The normalized spacial score (nSPS) is 16.9. The molecule has 1 nitrogen and oxygen atoms in total. The second-order valence-electron chi connectivity index (χ2n) is 5.74. The first-order valence-corrected chi connectivity index (χ1v) is 7.80. The first-order valence-electron chi connectivity index (χ1n) is 7.80. The summed E-state index contributed by atoms with van der Waals surface area (Å²) in [6, 6.07) is 22.5. The fourth-order valence-corrected chi connectivity index (χ4v) is 3.27. The van der Waals surface area contributed by atoms with Crippen molar-refractivity contribution < 1.29 is 4.79 Å². The molecule has 2 aliphatic carbocycles. The molecule has 0 aromatic heterocycles. The molecule has 0 spiro atoms. The van der Waals surface area contributed by atoms with Gasteiger partial charge in [-0.05, 0) is 33.5 Å². The first-order chi connectivity index (χ1) is 11.3. The average molecular weight is 296 g/mol. The predicted molar refractivity (Wildman–Crippen MR) is 96.2 cm³/mol. The average Bonchev–Trinajstić information content (AvgIpc) is 2.63. The molecule has 2 aliphatic rings. The zero-order valence-electron chi connectivity index (χ0n) is 12.6. The number of ketones is 1. The third kappa shape index (κ3) is 2.40. The molecule has 0 radical (unpaired) electrons. The molecule has 0 saturated heterocycles. The number of hydrogen-bond acceptors (Lipinski definition) is 1. The Morgan fingerprint density at radius 1 is 0.652 bits per heavy atom. The third-order valence-electron chi connectivity index (χ3n) is 4.33. The van der Waals surface area contributed by atoms with Gasteiger partial charge in [-0.25, -0.2) is 0 Å². The fraction of sp³-hybridized carbons (Fsp3) is 0.0455. The van der Waals surface area contributed by atoms with E-state index in [0.717, 1.165) is 0 Å². The van der Waals surface area contributed by atoms with Crippen molar-refractivity contribution in [1.29, 1.82) is 0 Å². The van der Waals surface area contributed by atoms with E-state index in [1.54, 1.807) is 6.08 Å². The van der Waals surface area contributed by atoms with Crippen LogP contribution in [0.4, 0.5) is 0 Å². The van der Waals surface area contributed by atoms with Crippen molar-refractivity contribution >= 4 is 28.7 Å². The van der Waals surface area contributed by atoms with Crippen molar-refractivity contribution in [2.75, 3.05) is 0 Å². The number of rotatable bonds is 0. The smallest absolute Gasteiger partial charge is 0.166 e. The Labute approximate surface area is 135 Å². The summed E-state index contributed by atoms with van der Waals surface area (Å²) in [7, 11) is 0. The van der Waals surface area contributed by atoms with Gasteiger partial charge >= 0.3 is 0 Å². The van der Waals surface area contributed by atoms with E-state index in [2.05, 4.69) is 36.4 Å². The van der Waals surface area contributed by atoms with Gasteiger partial charge in [0.2, 0.25) is 0 Å². The first kappa shape index (κ1) is 13.7. The Morgan fingerprint density at radius 3 is 2.13 bits per heavy atom. The van der Waals surface area contributed by atoms with E-state index in [1.807, 2.05) is 48.6 Å². The van der Waals surface area contributed by atoms with Crippen LogP contribution >= 0.6 is 0 Å². The van der Waals surface area contributed by atoms with Crippen LogP contribution in [0, 0.1) is 0 Å². The minimum Gasteiger partial charge on any atom is -0.294 e. The SMILES string of the molecule is O=C1C=Cc2ccc3cccc4c3c2C1C=C4.c1ccccc1. The summed E-state index contributed by atoms with van der Waals surface area (Å²) < 4.78 is 0. The Balaban J connectivity index is 0.000000192. The van der Waals surface area contributed by atoms with Crippen LogP contribution in [0.5, 0.6) is 0 Å². The van der Waals surface area contributed by atoms with E-state index in [1.165, 1.54) is 27.5 Å². The maximum Gasteiger partial charge on any atom is 0.166 e. The highest BCUT2D eigenvalue weighted by Crippen LogP contribution is 2.40. The molecule has 0 N–H and O–H groups in total. The quantitative estimate of drug-likeness (QED) is 0.555. The number of benzene rings is 3. The van der Waals surface area contributed by atoms with Crippen LogP contribution in [0.25, 0.3) is 22.9 Å². The fourth-order valence-electron chi connectivity index (χ4n) is 3.27. The monoisotopic (exact) mass is 296 g/mol. The van der Waals surface area contributed by atoms with Crippen molar-refractivity contribution in [1.82, 2.24) is 0 Å². The molecule has 0 aliphatic heterocycles. The molecule has 3 aromatic rings. The van der Waals surface area contributed by atoms with Gasteiger partial charge in [-0.3, -0.25) is 4.79 Å². The highest BCUT2D eigenvalue weighted by atomic mass is 16.1. The van der Waals surface area contributed by atoms with Gasteiger partial charge in [0.15, 0.2) is 5.78 Å². The van der Waals surface area contributed by atoms with Gasteiger partial charge in [-0.1, -0.05) is 85.0 Å². The molecule has 110 valence electrons. The van der Waals surface area contributed by atoms with E-state index < -0.39 is 0 Å². The maximum atomic E-state index is 11.9. The van der Waals surface area contributed by atoms with Crippen molar-refractivity contribution in [3.8, 4) is 0 Å². The number of allylic oxidation sites excluding steroid dienone is 2. The van der Waals surface area contributed by atoms with E-state index in [9.17, 15) is 4.79 Å². The molecule has 1 heteroatoms. The molecular weight excluding hydrogens is 280 g/mol. The zero-order chi connectivity index (χ0) is 15.6.